The monoisotopic (exact) mass is 366 g/mol. The molecule has 0 radical (unpaired) electrons. The summed E-state index contributed by atoms with van der Waals surface area (Å²) in [6.07, 6.45) is 3.18. The number of amides is 2. The largest absolute Gasteiger partial charge is 0.494 e. The molecule has 0 bridgehead atoms. The van der Waals surface area contributed by atoms with E-state index in [0.717, 1.165) is 11.3 Å². The molecule has 0 aliphatic rings. The van der Waals surface area contributed by atoms with Crippen LogP contribution in [0.25, 0.3) is 6.08 Å². The van der Waals surface area contributed by atoms with Crippen molar-refractivity contribution in [2.75, 3.05) is 11.9 Å². The molecule has 142 valence electrons. The molecule has 5 heteroatoms. The highest BCUT2D eigenvalue weighted by molar-refractivity contribution is 6.03. The van der Waals surface area contributed by atoms with Crippen molar-refractivity contribution in [2.45, 2.75) is 33.2 Å². The van der Waals surface area contributed by atoms with E-state index in [1.54, 1.807) is 30.3 Å². The summed E-state index contributed by atoms with van der Waals surface area (Å²) in [6.45, 7) is 8.30. The molecule has 2 rings (SSSR count). The Morgan fingerprint density at radius 1 is 1.07 bits per heavy atom. The molecule has 0 aliphatic carbocycles. The summed E-state index contributed by atoms with van der Waals surface area (Å²) in [4.78, 5) is 24.4. The maximum absolute atomic E-state index is 12.2. The van der Waals surface area contributed by atoms with Gasteiger partial charge in [0.15, 0.2) is 0 Å². The van der Waals surface area contributed by atoms with E-state index in [9.17, 15) is 9.59 Å². The van der Waals surface area contributed by atoms with Crippen molar-refractivity contribution < 1.29 is 14.3 Å². The standard InChI is InChI=1S/C22H26N2O3/c1-5-27-19-12-9-16(10-13-19)11-14-20(25)23-18-8-6-7-17(15-18)21(26)24-22(2,3)4/h6-15H,5H2,1-4H3,(H,23,25)(H,24,26)/b14-11+. The fourth-order valence-electron chi connectivity index (χ4n) is 2.35. The van der Waals surface area contributed by atoms with Gasteiger partial charge >= 0.3 is 0 Å². The van der Waals surface area contributed by atoms with Crippen molar-refractivity contribution in [3.63, 3.8) is 0 Å². The maximum atomic E-state index is 12.2. The number of hydrogen-bond acceptors (Lipinski definition) is 3. The Bertz CT molecular complexity index is 818. The minimum Gasteiger partial charge on any atom is -0.494 e. The summed E-state index contributed by atoms with van der Waals surface area (Å²) >= 11 is 0. The first-order valence-corrected chi connectivity index (χ1v) is 8.91. The Balaban J connectivity index is 1.99. The van der Waals surface area contributed by atoms with Crippen molar-refractivity contribution in [3.8, 4) is 5.75 Å². The fourth-order valence-corrected chi connectivity index (χ4v) is 2.35. The molecule has 0 saturated heterocycles. The lowest BCUT2D eigenvalue weighted by molar-refractivity contribution is -0.111. The van der Waals surface area contributed by atoms with Gasteiger partial charge in [-0.3, -0.25) is 9.59 Å². The van der Waals surface area contributed by atoms with E-state index in [0.29, 0.717) is 17.9 Å². The van der Waals surface area contributed by atoms with Crippen molar-refractivity contribution in [3.05, 3.63) is 65.7 Å². The van der Waals surface area contributed by atoms with Crippen LogP contribution in [0.3, 0.4) is 0 Å². The summed E-state index contributed by atoms with van der Waals surface area (Å²) < 4.78 is 5.39. The number of carbonyl (C=O) groups excluding carboxylic acids is 2. The fraction of sp³-hybridized carbons (Fsp3) is 0.273. The minimum absolute atomic E-state index is 0.177. The molecule has 0 unspecified atom stereocenters. The average Bonchev–Trinajstić information content (AvgIpc) is 2.60. The molecule has 0 fully saturated rings. The first-order chi connectivity index (χ1) is 12.8. The van der Waals surface area contributed by atoms with E-state index in [2.05, 4.69) is 10.6 Å². The number of ether oxygens (including phenoxy) is 1. The highest BCUT2D eigenvalue weighted by Gasteiger charge is 2.15. The maximum Gasteiger partial charge on any atom is 0.251 e. The lowest BCUT2D eigenvalue weighted by Crippen LogP contribution is -2.40. The smallest absolute Gasteiger partial charge is 0.251 e. The zero-order valence-corrected chi connectivity index (χ0v) is 16.2. The highest BCUT2D eigenvalue weighted by atomic mass is 16.5. The van der Waals surface area contributed by atoms with Crippen LogP contribution in [0.15, 0.2) is 54.6 Å². The third-order valence-electron chi connectivity index (χ3n) is 3.50. The van der Waals surface area contributed by atoms with Gasteiger partial charge in [0.2, 0.25) is 5.91 Å². The van der Waals surface area contributed by atoms with Gasteiger partial charge in [0.05, 0.1) is 6.61 Å². The van der Waals surface area contributed by atoms with E-state index in [1.165, 1.54) is 6.08 Å². The number of hydrogen-bond donors (Lipinski definition) is 2. The molecule has 2 aromatic rings. The lowest BCUT2D eigenvalue weighted by Gasteiger charge is -2.20. The van der Waals surface area contributed by atoms with E-state index in [-0.39, 0.29) is 17.4 Å². The topological polar surface area (TPSA) is 67.4 Å². The van der Waals surface area contributed by atoms with Gasteiger partial charge < -0.3 is 15.4 Å². The third kappa shape index (κ3) is 6.98. The Morgan fingerprint density at radius 3 is 2.41 bits per heavy atom. The summed E-state index contributed by atoms with van der Waals surface area (Å²) in [6, 6.07) is 14.3. The first-order valence-electron chi connectivity index (χ1n) is 8.91. The molecule has 0 heterocycles. The normalized spacial score (nSPS) is 11.3. The second-order valence-electron chi connectivity index (χ2n) is 7.11. The van der Waals surface area contributed by atoms with E-state index in [4.69, 9.17) is 4.74 Å². The minimum atomic E-state index is -0.323. The number of benzene rings is 2. The zero-order chi connectivity index (χ0) is 19.9. The number of rotatable bonds is 6. The van der Waals surface area contributed by atoms with Crippen LogP contribution in [-0.4, -0.2) is 24.0 Å². The van der Waals surface area contributed by atoms with Gasteiger partial charge in [-0.25, -0.2) is 0 Å². The second-order valence-corrected chi connectivity index (χ2v) is 7.11. The van der Waals surface area contributed by atoms with Crippen molar-refractivity contribution in [1.29, 1.82) is 0 Å². The average molecular weight is 366 g/mol. The van der Waals surface area contributed by atoms with Crippen LogP contribution in [0.1, 0.15) is 43.6 Å². The molecule has 5 nitrogen and oxygen atoms in total. The van der Waals surface area contributed by atoms with Crippen LogP contribution in [0.4, 0.5) is 5.69 Å². The number of carbonyl (C=O) groups is 2. The Labute approximate surface area is 160 Å². The molecular formula is C22H26N2O3. The molecule has 0 aliphatic heterocycles. The summed E-state index contributed by atoms with van der Waals surface area (Å²) in [7, 11) is 0. The van der Waals surface area contributed by atoms with Crippen LogP contribution in [0, 0.1) is 0 Å². The molecular weight excluding hydrogens is 340 g/mol. The van der Waals surface area contributed by atoms with Gasteiger partial charge in [-0.1, -0.05) is 18.2 Å². The Morgan fingerprint density at radius 2 is 1.78 bits per heavy atom. The second kappa shape index (κ2) is 9.03. The van der Waals surface area contributed by atoms with Crippen LogP contribution in [-0.2, 0) is 4.79 Å². The van der Waals surface area contributed by atoms with Crippen LogP contribution in [0.5, 0.6) is 5.75 Å². The lowest BCUT2D eigenvalue weighted by atomic mass is 10.1. The molecule has 0 atom stereocenters. The summed E-state index contributed by atoms with van der Waals surface area (Å²) in [5.41, 5.74) is 1.64. The van der Waals surface area contributed by atoms with Crippen molar-refractivity contribution in [2.24, 2.45) is 0 Å². The predicted molar refractivity (Wildman–Crippen MR) is 109 cm³/mol. The molecule has 2 aromatic carbocycles. The van der Waals surface area contributed by atoms with Crippen LogP contribution >= 0.6 is 0 Å². The van der Waals surface area contributed by atoms with Gasteiger partial charge in [0.1, 0.15) is 5.75 Å². The number of nitrogens with one attached hydrogen (secondary N) is 2. The predicted octanol–water partition coefficient (Wildman–Crippen LogP) is 4.27. The number of anilines is 1. The van der Waals surface area contributed by atoms with Gasteiger partial charge in [-0.2, -0.15) is 0 Å². The molecule has 2 amide bonds. The molecule has 27 heavy (non-hydrogen) atoms. The zero-order valence-electron chi connectivity index (χ0n) is 16.2. The van der Waals surface area contributed by atoms with Crippen molar-refractivity contribution >= 4 is 23.6 Å². The Hall–Kier alpha value is -3.08. The van der Waals surface area contributed by atoms with Gasteiger partial charge in [0.25, 0.3) is 5.91 Å². The van der Waals surface area contributed by atoms with Gasteiger partial charge in [-0.15, -0.1) is 0 Å². The van der Waals surface area contributed by atoms with Crippen LogP contribution < -0.4 is 15.4 Å². The molecule has 2 N–H and O–H groups in total. The van der Waals surface area contributed by atoms with Crippen molar-refractivity contribution in [1.82, 2.24) is 5.32 Å². The Kier molecular flexibility index (Phi) is 6.77. The molecule has 0 saturated carbocycles. The van der Waals surface area contributed by atoms with Crippen LogP contribution in [0.2, 0.25) is 0 Å². The quantitative estimate of drug-likeness (QED) is 0.751. The summed E-state index contributed by atoms with van der Waals surface area (Å²) in [5, 5.41) is 5.67. The summed E-state index contributed by atoms with van der Waals surface area (Å²) in [5.74, 6) is 0.352. The van der Waals surface area contributed by atoms with Gasteiger partial charge in [-0.05, 0) is 69.7 Å². The highest BCUT2D eigenvalue weighted by Crippen LogP contribution is 2.14. The third-order valence-corrected chi connectivity index (χ3v) is 3.50. The SMILES string of the molecule is CCOc1ccc(/C=C/C(=O)Nc2cccc(C(=O)NC(C)(C)C)c2)cc1. The van der Waals surface area contributed by atoms with E-state index in [1.807, 2.05) is 52.0 Å². The van der Waals surface area contributed by atoms with Gasteiger partial charge in [0, 0.05) is 22.9 Å². The van der Waals surface area contributed by atoms with E-state index < -0.39 is 0 Å². The molecule has 0 spiro atoms. The van der Waals surface area contributed by atoms with E-state index >= 15 is 0 Å². The first kappa shape index (κ1) is 20.2. The molecule has 0 aromatic heterocycles.